The number of amides is 1. The molecule has 4 nitrogen and oxygen atoms in total. The molecule has 1 atom stereocenters. The maximum Gasteiger partial charge on any atom is 0.262 e. The summed E-state index contributed by atoms with van der Waals surface area (Å²) in [6.45, 7) is 2.11. The predicted octanol–water partition coefficient (Wildman–Crippen LogP) is 7.12. The highest BCUT2D eigenvalue weighted by atomic mass is 79.9. The van der Waals surface area contributed by atoms with Crippen LogP contribution in [0.15, 0.2) is 76.8 Å². The molecule has 7 heteroatoms. The Bertz CT molecular complexity index is 1170. The van der Waals surface area contributed by atoms with E-state index in [9.17, 15) is 10.1 Å². The van der Waals surface area contributed by atoms with Crippen molar-refractivity contribution in [2.24, 2.45) is 0 Å². The minimum Gasteiger partial charge on any atom is -0.486 e. The van der Waals surface area contributed by atoms with Gasteiger partial charge in [0.2, 0.25) is 0 Å². The number of hydrogen-bond acceptors (Lipinski definition) is 3. The molecule has 3 rings (SSSR count). The first-order valence-corrected chi connectivity index (χ1v) is 11.3. The van der Waals surface area contributed by atoms with Gasteiger partial charge in [-0.05, 0) is 58.3 Å². The second kappa shape index (κ2) is 11.2. The van der Waals surface area contributed by atoms with Crippen LogP contribution in [-0.2, 0) is 11.4 Å². The lowest BCUT2D eigenvalue weighted by atomic mass is 10.1. The Morgan fingerprint density at radius 2 is 1.81 bits per heavy atom. The summed E-state index contributed by atoms with van der Waals surface area (Å²) in [6.07, 6.45) is 1.49. The van der Waals surface area contributed by atoms with E-state index < -0.39 is 5.91 Å². The lowest BCUT2D eigenvalue weighted by molar-refractivity contribution is -0.117. The Hall–Kier alpha value is -2.78. The zero-order valence-corrected chi connectivity index (χ0v) is 20.2. The number of hydrogen-bond donors (Lipinski definition) is 1. The Morgan fingerprint density at radius 3 is 2.47 bits per heavy atom. The fraction of sp³-hybridized carbons (Fsp3) is 0.120. The third-order valence-electron chi connectivity index (χ3n) is 4.67. The number of carbonyl (C=O) groups is 1. The standard InChI is InChI=1S/C25H19BrCl2N2O2/c1-16(18-7-3-2-4-8-18)30-25(31)20(14-29)11-17-12-21(26)24(23(28)13-17)32-15-19-9-5-6-10-22(19)27/h2-13,16H,15H2,1H3,(H,30,31)/b20-11-/t16-/m0/s1. The molecule has 1 amide bonds. The summed E-state index contributed by atoms with van der Waals surface area (Å²) in [4.78, 5) is 12.6. The Morgan fingerprint density at radius 1 is 1.12 bits per heavy atom. The van der Waals surface area contributed by atoms with Crippen LogP contribution < -0.4 is 10.1 Å². The van der Waals surface area contributed by atoms with E-state index in [0.29, 0.717) is 25.8 Å². The first-order valence-electron chi connectivity index (χ1n) is 9.72. The van der Waals surface area contributed by atoms with Crippen LogP contribution in [0.25, 0.3) is 6.08 Å². The average molecular weight is 530 g/mol. The molecule has 0 saturated heterocycles. The molecule has 3 aromatic carbocycles. The second-order valence-corrected chi connectivity index (χ2v) is 8.64. The molecule has 0 heterocycles. The van der Waals surface area contributed by atoms with Crippen LogP contribution in [0.1, 0.15) is 29.7 Å². The van der Waals surface area contributed by atoms with E-state index in [-0.39, 0.29) is 18.2 Å². The fourth-order valence-corrected chi connectivity index (χ4v) is 4.16. The summed E-state index contributed by atoms with van der Waals surface area (Å²) in [5, 5.41) is 13.3. The zero-order valence-electron chi connectivity index (χ0n) is 17.1. The summed E-state index contributed by atoms with van der Waals surface area (Å²) in [5.41, 5.74) is 2.34. The van der Waals surface area contributed by atoms with Crippen molar-refractivity contribution in [3.05, 3.63) is 104 Å². The molecule has 0 aliphatic carbocycles. The normalized spacial score (nSPS) is 12.0. The first kappa shape index (κ1) is 23.9. The lowest BCUT2D eigenvalue weighted by Gasteiger charge is -2.14. The number of rotatable bonds is 7. The first-order chi connectivity index (χ1) is 15.4. The average Bonchev–Trinajstić information content (AvgIpc) is 2.78. The van der Waals surface area contributed by atoms with Gasteiger partial charge in [-0.25, -0.2) is 0 Å². The molecule has 0 aliphatic rings. The number of benzene rings is 3. The third-order valence-corrected chi connectivity index (χ3v) is 5.91. The minimum absolute atomic E-state index is 0.0273. The maximum atomic E-state index is 12.6. The topological polar surface area (TPSA) is 62.1 Å². The zero-order chi connectivity index (χ0) is 23.1. The van der Waals surface area contributed by atoms with Gasteiger partial charge in [-0.3, -0.25) is 4.79 Å². The van der Waals surface area contributed by atoms with E-state index >= 15 is 0 Å². The van der Waals surface area contributed by atoms with Crippen LogP contribution >= 0.6 is 39.1 Å². The van der Waals surface area contributed by atoms with Gasteiger partial charge in [0.05, 0.1) is 15.5 Å². The monoisotopic (exact) mass is 528 g/mol. The van der Waals surface area contributed by atoms with Gasteiger partial charge in [0, 0.05) is 10.6 Å². The van der Waals surface area contributed by atoms with Crippen molar-refractivity contribution in [1.29, 1.82) is 5.26 Å². The van der Waals surface area contributed by atoms with Crippen molar-refractivity contribution in [1.82, 2.24) is 5.32 Å². The Kier molecular flexibility index (Phi) is 8.35. The molecule has 0 spiro atoms. The molecule has 1 N–H and O–H groups in total. The third kappa shape index (κ3) is 6.14. The summed E-state index contributed by atoms with van der Waals surface area (Å²) in [7, 11) is 0. The molecule has 0 fully saturated rings. The van der Waals surface area contributed by atoms with Crippen molar-refractivity contribution in [2.75, 3.05) is 0 Å². The summed E-state index contributed by atoms with van der Waals surface area (Å²) >= 11 is 16.0. The van der Waals surface area contributed by atoms with Gasteiger partial charge >= 0.3 is 0 Å². The van der Waals surface area contributed by atoms with Crippen LogP contribution in [0.3, 0.4) is 0 Å². The van der Waals surface area contributed by atoms with E-state index in [0.717, 1.165) is 11.1 Å². The molecule has 32 heavy (non-hydrogen) atoms. The highest BCUT2D eigenvalue weighted by Gasteiger charge is 2.15. The second-order valence-electron chi connectivity index (χ2n) is 6.97. The molecule has 0 aliphatic heterocycles. The lowest BCUT2D eigenvalue weighted by Crippen LogP contribution is -2.27. The Labute approximate surface area is 205 Å². The molecular weight excluding hydrogens is 511 g/mol. The van der Waals surface area contributed by atoms with Crippen molar-refractivity contribution >= 4 is 51.1 Å². The predicted molar refractivity (Wildman–Crippen MR) is 132 cm³/mol. The largest absolute Gasteiger partial charge is 0.486 e. The fourth-order valence-electron chi connectivity index (χ4n) is 2.98. The van der Waals surface area contributed by atoms with E-state index in [1.165, 1.54) is 6.08 Å². The molecule has 0 unspecified atom stereocenters. The smallest absolute Gasteiger partial charge is 0.262 e. The van der Waals surface area contributed by atoms with Gasteiger partial charge in [-0.15, -0.1) is 0 Å². The van der Waals surface area contributed by atoms with E-state index in [1.807, 2.05) is 61.5 Å². The van der Waals surface area contributed by atoms with Crippen molar-refractivity contribution in [3.8, 4) is 11.8 Å². The number of carbonyl (C=O) groups excluding carboxylic acids is 1. The van der Waals surface area contributed by atoms with Gasteiger partial charge in [-0.1, -0.05) is 71.7 Å². The van der Waals surface area contributed by atoms with Crippen LogP contribution in [0.2, 0.25) is 10.0 Å². The highest BCUT2D eigenvalue weighted by Crippen LogP contribution is 2.36. The highest BCUT2D eigenvalue weighted by molar-refractivity contribution is 9.10. The summed E-state index contributed by atoms with van der Waals surface area (Å²) in [6, 6.07) is 22.0. The van der Waals surface area contributed by atoms with Crippen molar-refractivity contribution in [2.45, 2.75) is 19.6 Å². The molecule has 0 saturated carbocycles. The number of nitrogens with zero attached hydrogens (tertiary/aromatic N) is 1. The number of halogens is 3. The van der Waals surface area contributed by atoms with Crippen LogP contribution in [0.5, 0.6) is 5.75 Å². The maximum absolute atomic E-state index is 12.6. The summed E-state index contributed by atoms with van der Waals surface area (Å²) < 4.78 is 6.44. The quantitative estimate of drug-likeness (QED) is 0.262. The van der Waals surface area contributed by atoms with E-state index in [1.54, 1.807) is 18.2 Å². The van der Waals surface area contributed by atoms with Crippen LogP contribution in [0.4, 0.5) is 0 Å². The van der Waals surface area contributed by atoms with Crippen LogP contribution in [0, 0.1) is 11.3 Å². The van der Waals surface area contributed by atoms with Crippen molar-refractivity contribution in [3.63, 3.8) is 0 Å². The minimum atomic E-state index is -0.463. The van der Waals surface area contributed by atoms with Crippen LogP contribution in [-0.4, -0.2) is 5.91 Å². The molecule has 0 radical (unpaired) electrons. The summed E-state index contributed by atoms with van der Waals surface area (Å²) in [5.74, 6) is -0.0143. The Balaban J connectivity index is 1.75. The van der Waals surface area contributed by atoms with Gasteiger partial charge in [0.1, 0.15) is 18.2 Å². The number of ether oxygens (including phenoxy) is 1. The molecular formula is C25H19BrCl2N2O2. The van der Waals surface area contributed by atoms with E-state index in [4.69, 9.17) is 27.9 Å². The SMILES string of the molecule is C[C@H](NC(=O)/C(C#N)=C\c1cc(Cl)c(OCc2ccccc2Cl)c(Br)c1)c1ccccc1. The molecule has 0 aromatic heterocycles. The van der Waals surface area contributed by atoms with E-state index in [2.05, 4.69) is 21.2 Å². The number of nitrogens with one attached hydrogen (secondary N) is 1. The molecule has 0 bridgehead atoms. The molecule has 3 aromatic rings. The van der Waals surface area contributed by atoms with Gasteiger partial charge in [0.15, 0.2) is 5.75 Å². The van der Waals surface area contributed by atoms with Gasteiger partial charge in [0.25, 0.3) is 5.91 Å². The van der Waals surface area contributed by atoms with Gasteiger partial charge < -0.3 is 10.1 Å². The van der Waals surface area contributed by atoms with Gasteiger partial charge in [-0.2, -0.15) is 5.26 Å². The molecule has 162 valence electrons. The number of nitriles is 1. The van der Waals surface area contributed by atoms with Crippen molar-refractivity contribution < 1.29 is 9.53 Å².